The number of hydrazine groups is 2. The number of anilines is 1. The fourth-order valence-corrected chi connectivity index (χ4v) is 4.34. The van der Waals surface area contributed by atoms with Crippen LogP contribution in [-0.4, -0.2) is 50.6 Å². The SMILES string of the molecule is CN1N=C(n2c(OCc3cccc(NC(=O)C4CCCCC4)n3)nc3ccccc32)N(C)N1. The van der Waals surface area contributed by atoms with Crippen molar-refractivity contribution in [1.29, 1.82) is 0 Å². The Labute approximate surface area is 192 Å². The fourth-order valence-electron chi connectivity index (χ4n) is 4.34. The molecule has 3 heterocycles. The minimum absolute atomic E-state index is 0.0564. The molecule has 10 heteroatoms. The minimum Gasteiger partial charge on any atom is -0.458 e. The number of ether oxygens (including phenoxy) is 1. The van der Waals surface area contributed by atoms with E-state index in [-0.39, 0.29) is 18.4 Å². The van der Waals surface area contributed by atoms with Gasteiger partial charge in [0, 0.05) is 20.0 Å². The number of amides is 1. The van der Waals surface area contributed by atoms with Gasteiger partial charge in [0.1, 0.15) is 12.4 Å². The summed E-state index contributed by atoms with van der Waals surface area (Å²) in [5, 5.41) is 10.9. The lowest BCUT2D eigenvalue weighted by Gasteiger charge is -2.20. The van der Waals surface area contributed by atoms with Crippen LogP contribution in [0.5, 0.6) is 6.01 Å². The van der Waals surface area contributed by atoms with E-state index in [1.165, 1.54) is 6.42 Å². The molecule has 0 unspecified atom stereocenters. The largest absolute Gasteiger partial charge is 0.458 e. The zero-order chi connectivity index (χ0) is 22.8. The Kier molecular flexibility index (Phi) is 5.82. The van der Waals surface area contributed by atoms with E-state index in [0.717, 1.165) is 36.7 Å². The number of aromatic nitrogens is 3. The Morgan fingerprint density at radius 2 is 1.91 bits per heavy atom. The molecule has 2 aliphatic rings. The summed E-state index contributed by atoms with van der Waals surface area (Å²) >= 11 is 0. The summed E-state index contributed by atoms with van der Waals surface area (Å²) in [4.78, 5) is 21.8. The Morgan fingerprint density at radius 3 is 2.70 bits per heavy atom. The summed E-state index contributed by atoms with van der Waals surface area (Å²) in [5.41, 5.74) is 5.47. The van der Waals surface area contributed by atoms with Crippen molar-refractivity contribution in [2.45, 2.75) is 38.7 Å². The molecular formula is C23H28N8O2. The molecule has 5 rings (SSSR count). The number of pyridine rings is 1. The standard InChI is InChI=1S/C23H28N8O2/c1-29-22(27-30(2)28-29)31-19-13-7-6-12-18(19)25-23(31)33-15-17-11-8-14-20(24-17)26-21(32)16-9-4-3-5-10-16/h6-8,11-14,16,28H,3-5,9-10,15H2,1-2H3,(H,24,26,32). The lowest BCUT2D eigenvalue weighted by atomic mass is 9.89. The van der Waals surface area contributed by atoms with E-state index in [0.29, 0.717) is 23.5 Å². The number of carbonyl (C=O) groups is 1. The van der Waals surface area contributed by atoms with Crippen LogP contribution in [0.1, 0.15) is 37.8 Å². The van der Waals surface area contributed by atoms with Gasteiger partial charge >= 0.3 is 6.01 Å². The molecule has 1 amide bonds. The number of hydrogen-bond donors (Lipinski definition) is 2. The third-order valence-electron chi connectivity index (χ3n) is 5.95. The molecule has 0 radical (unpaired) electrons. The van der Waals surface area contributed by atoms with Crippen molar-refractivity contribution in [1.82, 2.24) is 30.2 Å². The number of hydrogen-bond acceptors (Lipinski definition) is 8. The highest BCUT2D eigenvalue weighted by Crippen LogP contribution is 2.25. The van der Waals surface area contributed by atoms with Gasteiger partial charge < -0.3 is 10.1 Å². The molecule has 1 aliphatic heterocycles. The average Bonchev–Trinajstić information content (AvgIpc) is 3.36. The topological polar surface area (TPSA) is 99.9 Å². The van der Waals surface area contributed by atoms with Crippen LogP contribution in [0.3, 0.4) is 0 Å². The number of nitrogens with one attached hydrogen (secondary N) is 2. The average molecular weight is 449 g/mol. The molecule has 1 saturated carbocycles. The van der Waals surface area contributed by atoms with Gasteiger partial charge in [0.15, 0.2) is 0 Å². The van der Waals surface area contributed by atoms with Gasteiger partial charge in [-0.2, -0.15) is 4.98 Å². The third kappa shape index (κ3) is 4.47. The molecule has 2 N–H and O–H groups in total. The van der Waals surface area contributed by atoms with Crippen LogP contribution < -0.4 is 15.6 Å². The Balaban J connectivity index is 1.34. The number of hydrazone groups is 1. The van der Waals surface area contributed by atoms with Gasteiger partial charge in [-0.1, -0.05) is 37.5 Å². The third-order valence-corrected chi connectivity index (χ3v) is 5.95. The minimum atomic E-state index is 0.0564. The Morgan fingerprint density at radius 1 is 1.09 bits per heavy atom. The predicted molar refractivity (Wildman–Crippen MR) is 125 cm³/mol. The highest BCUT2D eigenvalue weighted by molar-refractivity contribution is 5.94. The first kappa shape index (κ1) is 21.2. The van der Waals surface area contributed by atoms with Crippen LogP contribution in [0.2, 0.25) is 0 Å². The summed E-state index contributed by atoms with van der Waals surface area (Å²) in [6.45, 7) is 0.205. The van der Waals surface area contributed by atoms with Crippen LogP contribution in [0.15, 0.2) is 47.6 Å². The quantitative estimate of drug-likeness (QED) is 0.619. The summed E-state index contributed by atoms with van der Waals surface area (Å²) in [5.74, 6) is 1.32. The molecule has 172 valence electrons. The van der Waals surface area contributed by atoms with Crippen LogP contribution in [0, 0.1) is 5.92 Å². The second kappa shape index (κ2) is 9.07. The maximum absolute atomic E-state index is 12.6. The highest BCUT2D eigenvalue weighted by Gasteiger charge is 2.25. The highest BCUT2D eigenvalue weighted by atomic mass is 16.5. The molecule has 0 spiro atoms. The predicted octanol–water partition coefficient (Wildman–Crippen LogP) is 2.95. The zero-order valence-electron chi connectivity index (χ0n) is 18.9. The van der Waals surface area contributed by atoms with Crippen molar-refractivity contribution in [2.75, 3.05) is 19.4 Å². The maximum Gasteiger partial charge on any atom is 0.304 e. The van der Waals surface area contributed by atoms with Gasteiger partial charge in [0.05, 0.1) is 16.7 Å². The number of rotatable bonds is 5. The van der Waals surface area contributed by atoms with E-state index in [1.807, 2.05) is 61.1 Å². The fraction of sp³-hybridized carbons (Fsp3) is 0.391. The van der Waals surface area contributed by atoms with E-state index in [4.69, 9.17) is 4.74 Å². The van der Waals surface area contributed by atoms with E-state index >= 15 is 0 Å². The van der Waals surface area contributed by atoms with Gasteiger partial charge in [-0.05, 0) is 37.1 Å². The van der Waals surface area contributed by atoms with Crippen molar-refractivity contribution in [2.24, 2.45) is 11.0 Å². The summed E-state index contributed by atoms with van der Waals surface area (Å²) < 4.78 is 7.96. The smallest absolute Gasteiger partial charge is 0.304 e. The second-order valence-corrected chi connectivity index (χ2v) is 8.43. The van der Waals surface area contributed by atoms with Gasteiger partial charge in [0.25, 0.3) is 0 Å². The van der Waals surface area contributed by atoms with E-state index < -0.39 is 0 Å². The van der Waals surface area contributed by atoms with Crippen LogP contribution >= 0.6 is 0 Å². The monoisotopic (exact) mass is 448 g/mol. The van der Waals surface area contributed by atoms with Crippen LogP contribution in [0.25, 0.3) is 11.0 Å². The number of benzene rings is 1. The molecule has 0 atom stereocenters. The van der Waals surface area contributed by atoms with E-state index in [1.54, 1.807) is 10.1 Å². The van der Waals surface area contributed by atoms with Crippen LogP contribution in [-0.2, 0) is 11.4 Å². The Hall–Kier alpha value is -3.66. The second-order valence-electron chi connectivity index (χ2n) is 8.43. The first-order chi connectivity index (χ1) is 16.1. The maximum atomic E-state index is 12.6. The van der Waals surface area contributed by atoms with E-state index in [9.17, 15) is 4.79 Å². The molecule has 1 aliphatic carbocycles. The first-order valence-corrected chi connectivity index (χ1v) is 11.3. The summed E-state index contributed by atoms with van der Waals surface area (Å²) in [6, 6.07) is 13.8. The zero-order valence-corrected chi connectivity index (χ0v) is 18.9. The molecular weight excluding hydrogens is 420 g/mol. The molecule has 1 aromatic carbocycles. The van der Waals surface area contributed by atoms with Crippen molar-refractivity contribution < 1.29 is 9.53 Å². The number of imidazole rings is 1. The molecule has 0 saturated heterocycles. The van der Waals surface area contributed by atoms with Crippen molar-refractivity contribution in [3.63, 3.8) is 0 Å². The van der Waals surface area contributed by atoms with Gasteiger partial charge in [-0.25, -0.2) is 14.7 Å². The lowest BCUT2D eigenvalue weighted by Crippen LogP contribution is -2.40. The summed E-state index contributed by atoms with van der Waals surface area (Å²) in [7, 11) is 3.70. The van der Waals surface area contributed by atoms with Gasteiger partial charge in [-0.15, -0.1) is 10.6 Å². The molecule has 3 aromatic rings. The van der Waals surface area contributed by atoms with E-state index in [2.05, 4.69) is 25.9 Å². The van der Waals surface area contributed by atoms with Crippen molar-refractivity contribution in [3.05, 3.63) is 48.2 Å². The summed E-state index contributed by atoms with van der Waals surface area (Å²) in [6.07, 6.45) is 5.35. The molecule has 2 aromatic heterocycles. The normalized spacial score (nSPS) is 16.8. The number of para-hydroxylation sites is 2. The van der Waals surface area contributed by atoms with Crippen molar-refractivity contribution in [3.8, 4) is 6.01 Å². The van der Waals surface area contributed by atoms with Gasteiger partial charge in [-0.3, -0.25) is 9.80 Å². The first-order valence-electron chi connectivity index (χ1n) is 11.3. The molecule has 33 heavy (non-hydrogen) atoms. The number of fused-ring (bicyclic) bond motifs is 1. The lowest BCUT2D eigenvalue weighted by molar-refractivity contribution is -0.120. The van der Waals surface area contributed by atoms with Crippen LogP contribution in [0.4, 0.5) is 5.82 Å². The Bertz CT molecular complexity index is 1180. The molecule has 1 fully saturated rings. The number of carbonyl (C=O) groups excluding carboxylic acids is 1. The molecule has 10 nitrogen and oxygen atoms in total. The molecule has 0 bridgehead atoms. The van der Waals surface area contributed by atoms with Crippen molar-refractivity contribution >= 4 is 28.7 Å². The number of nitrogens with zero attached hydrogens (tertiary/aromatic N) is 6. The van der Waals surface area contributed by atoms with Gasteiger partial charge in [0.2, 0.25) is 11.9 Å².